The molecule has 1 atom stereocenters. The lowest BCUT2D eigenvalue weighted by Gasteiger charge is -2.29. The van der Waals surface area contributed by atoms with Crippen molar-refractivity contribution in [2.75, 3.05) is 19.6 Å². The Balaban J connectivity index is 2.02. The van der Waals surface area contributed by atoms with Gasteiger partial charge in [0.15, 0.2) is 0 Å². The van der Waals surface area contributed by atoms with Gasteiger partial charge < -0.3 is 10.0 Å². The zero-order valence-corrected chi connectivity index (χ0v) is 12.7. The quantitative estimate of drug-likeness (QED) is 0.896. The molecule has 5 heteroatoms. The Morgan fingerprint density at radius 3 is 2.72 bits per heavy atom. The number of piperidine rings is 1. The van der Waals surface area contributed by atoms with E-state index in [9.17, 15) is 4.79 Å². The van der Waals surface area contributed by atoms with Gasteiger partial charge in [0, 0.05) is 27.2 Å². The first-order valence-corrected chi connectivity index (χ1v) is 8.00. The summed E-state index contributed by atoms with van der Waals surface area (Å²) < 4.78 is 1.05. The van der Waals surface area contributed by atoms with Crippen molar-refractivity contribution in [3.63, 3.8) is 0 Å². The van der Waals surface area contributed by atoms with Gasteiger partial charge in [0.2, 0.25) is 0 Å². The second-order valence-electron chi connectivity index (χ2n) is 4.82. The molecule has 18 heavy (non-hydrogen) atoms. The first-order valence-electron chi connectivity index (χ1n) is 6.33. The van der Waals surface area contributed by atoms with Crippen LogP contribution in [0.4, 0.5) is 0 Å². The second kappa shape index (κ2) is 6.68. The number of nitrogens with zero attached hydrogens (tertiary/aromatic N) is 1. The van der Waals surface area contributed by atoms with Crippen molar-refractivity contribution in [2.24, 2.45) is 0 Å². The summed E-state index contributed by atoms with van der Waals surface area (Å²) in [7, 11) is 0. The third-order valence-corrected chi connectivity index (χ3v) is 5.19. The van der Waals surface area contributed by atoms with Gasteiger partial charge in [0.25, 0.3) is 0 Å². The van der Waals surface area contributed by atoms with Gasteiger partial charge in [0.1, 0.15) is 0 Å². The fourth-order valence-electron chi connectivity index (χ4n) is 2.46. The van der Waals surface area contributed by atoms with Crippen LogP contribution in [-0.2, 0) is 4.79 Å². The fraction of sp³-hybridized carbons (Fsp3) is 0.615. The minimum absolute atomic E-state index is 0.122. The highest BCUT2D eigenvalue weighted by atomic mass is 79.9. The van der Waals surface area contributed by atoms with Crippen molar-refractivity contribution in [1.29, 1.82) is 0 Å². The van der Waals surface area contributed by atoms with Crippen LogP contribution in [-0.4, -0.2) is 35.6 Å². The maximum absolute atomic E-state index is 11.0. The number of carbonyl (C=O) groups is 1. The lowest BCUT2D eigenvalue weighted by Crippen LogP contribution is -2.33. The molecule has 1 unspecified atom stereocenters. The van der Waals surface area contributed by atoms with E-state index in [1.54, 1.807) is 11.3 Å². The number of hydrogen-bond donors (Lipinski definition) is 1. The highest BCUT2D eigenvalue weighted by Gasteiger charge is 2.21. The third kappa shape index (κ3) is 4.07. The molecule has 0 bridgehead atoms. The molecule has 1 saturated heterocycles. The molecular weight excluding hydrogens is 314 g/mol. The molecule has 1 aliphatic rings. The van der Waals surface area contributed by atoms with Gasteiger partial charge in [-0.15, -0.1) is 11.3 Å². The standard InChI is InChI=1S/C13H18BrNO2S/c14-11-7-12(18-9-11)10(6-13(16)17)8-15-4-2-1-3-5-15/h7,9-10H,1-6,8H2,(H,16,17). The Morgan fingerprint density at radius 1 is 1.44 bits per heavy atom. The van der Waals surface area contributed by atoms with E-state index in [2.05, 4.69) is 26.9 Å². The molecule has 0 saturated carbocycles. The van der Waals surface area contributed by atoms with Crippen LogP contribution in [0, 0.1) is 0 Å². The van der Waals surface area contributed by atoms with Gasteiger partial charge >= 0.3 is 5.97 Å². The van der Waals surface area contributed by atoms with Gasteiger partial charge in [-0.1, -0.05) is 6.42 Å². The first-order chi connectivity index (χ1) is 8.65. The van der Waals surface area contributed by atoms with Crippen molar-refractivity contribution in [2.45, 2.75) is 31.6 Å². The Labute approximate surface area is 120 Å². The minimum atomic E-state index is -0.707. The molecule has 1 N–H and O–H groups in total. The summed E-state index contributed by atoms with van der Waals surface area (Å²) in [6.45, 7) is 3.10. The number of likely N-dealkylation sites (tertiary alicyclic amines) is 1. The molecule has 0 radical (unpaired) electrons. The van der Waals surface area contributed by atoms with Crippen molar-refractivity contribution in [3.05, 3.63) is 20.8 Å². The monoisotopic (exact) mass is 331 g/mol. The predicted molar refractivity (Wildman–Crippen MR) is 77.3 cm³/mol. The summed E-state index contributed by atoms with van der Waals surface area (Å²) in [5.41, 5.74) is 0. The highest BCUT2D eigenvalue weighted by molar-refractivity contribution is 9.10. The van der Waals surface area contributed by atoms with Crippen LogP contribution >= 0.6 is 27.3 Å². The molecule has 0 spiro atoms. The van der Waals surface area contributed by atoms with Crippen LogP contribution in [0.2, 0.25) is 0 Å². The van der Waals surface area contributed by atoms with E-state index in [1.165, 1.54) is 24.1 Å². The van der Waals surface area contributed by atoms with E-state index in [4.69, 9.17) is 5.11 Å². The summed E-state index contributed by atoms with van der Waals surface area (Å²) in [5.74, 6) is -0.585. The molecule has 2 heterocycles. The van der Waals surface area contributed by atoms with E-state index < -0.39 is 5.97 Å². The zero-order chi connectivity index (χ0) is 13.0. The Hall–Kier alpha value is -0.390. The van der Waals surface area contributed by atoms with Gasteiger partial charge in [-0.3, -0.25) is 4.79 Å². The van der Waals surface area contributed by atoms with E-state index in [1.807, 2.05) is 5.38 Å². The van der Waals surface area contributed by atoms with Crippen LogP contribution in [0.15, 0.2) is 15.9 Å². The largest absolute Gasteiger partial charge is 0.481 e. The molecule has 1 aromatic rings. The Morgan fingerprint density at radius 2 is 2.17 bits per heavy atom. The van der Waals surface area contributed by atoms with Crippen molar-refractivity contribution in [3.8, 4) is 0 Å². The first kappa shape index (κ1) is 14.0. The SMILES string of the molecule is O=C(O)CC(CN1CCCCC1)c1cc(Br)cs1. The number of aliphatic carboxylic acids is 1. The summed E-state index contributed by atoms with van der Waals surface area (Å²) in [5, 5.41) is 11.1. The minimum Gasteiger partial charge on any atom is -0.481 e. The van der Waals surface area contributed by atoms with Crippen LogP contribution in [0.1, 0.15) is 36.5 Å². The number of rotatable bonds is 5. The third-order valence-electron chi connectivity index (χ3n) is 3.34. The van der Waals surface area contributed by atoms with Crippen LogP contribution in [0.5, 0.6) is 0 Å². The fourth-order valence-corrected chi connectivity index (χ4v) is 4.00. The van der Waals surface area contributed by atoms with Gasteiger partial charge in [-0.05, 0) is 47.9 Å². The predicted octanol–water partition coefficient (Wildman–Crippen LogP) is 3.55. The average Bonchev–Trinajstić information content (AvgIpc) is 2.76. The molecule has 2 rings (SSSR count). The van der Waals surface area contributed by atoms with Crippen molar-refractivity contribution < 1.29 is 9.90 Å². The molecule has 0 amide bonds. The van der Waals surface area contributed by atoms with Crippen LogP contribution in [0.3, 0.4) is 0 Å². The molecular formula is C13H18BrNO2S. The lowest BCUT2D eigenvalue weighted by molar-refractivity contribution is -0.137. The van der Waals surface area contributed by atoms with Crippen molar-refractivity contribution in [1.82, 2.24) is 4.90 Å². The summed E-state index contributed by atoms with van der Waals surface area (Å²) >= 11 is 5.09. The highest BCUT2D eigenvalue weighted by Crippen LogP contribution is 2.30. The van der Waals surface area contributed by atoms with Gasteiger partial charge in [-0.25, -0.2) is 0 Å². The van der Waals surface area contributed by atoms with E-state index in [0.717, 1.165) is 24.1 Å². The summed E-state index contributed by atoms with van der Waals surface area (Å²) in [6, 6.07) is 2.06. The number of thiophene rings is 1. The van der Waals surface area contributed by atoms with Crippen molar-refractivity contribution >= 4 is 33.2 Å². The maximum Gasteiger partial charge on any atom is 0.304 e. The molecule has 1 fully saturated rings. The van der Waals surface area contributed by atoms with Gasteiger partial charge in [0.05, 0.1) is 6.42 Å². The average molecular weight is 332 g/mol. The Bertz CT molecular complexity index is 401. The zero-order valence-electron chi connectivity index (χ0n) is 10.3. The smallest absolute Gasteiger partial charge is 0.304 e. The summed E-state index contributed by atoms with van der Waals surface area (Å²) in [4.78, 5) is 14.6. The summed E-state index contributed by atoms with van der Waals surface area (Å²) in [6.07, 6.45) is 4.02. The van der Waals surface area contributed by atoms with E-state index >= 15 is 0 Å². The molecule has 1 aromatic heterocycles. The molecule has 0 aromatic carbocycles. The lowest BCUT2D eigenvalue weighted by atomic mass is 10.0. The van der Waals surface area contributed by atoms with Gasteiger partial charge in [-0.2, -0.15) is 0 Å². The Kier molecular flexibility index (Phi) is 5.21. The van der Waals surface area contributed by atoms with Crippen LogP contribution < -0.4 is 0 Å². The number of hydrogen-bond acceptors (Lipinski definition) is 3. The second-order valence-corrected chi connectivity index (χ2v) is 6.68. The molecule has 0 aliphatic carbocycles. The number of halogens is 1. The number of carboxylic acids is 1. The molecule has 1 aliphatic heterocycles. The van der Waals surface area contributed by atoms with Crippen LogP contribution in [0.25, 0.3) is 0 Å². The topological polar surface area (TPSA) is 40.5 Å². The van der Waals surface area contributed by atoms with E-state index in [0.29, 0.717) is 0 Å². The molecule has 100 valence electrons. The number of carboxylic acid groups (broad SMARTS) is 1. The van der Waals surface area contributed by atoms with E-state index in [-0.39, 0.29) is 12.3 Å². The molecule has 3 nitrogen and oxygen atoms in total. The normalized spacial score (nSPS) is 18.7. The maximum atomic E-state index is 11.0.